The average Bonchev–Trinajstić information content (AvgIpc) is 2.41. The molecule has 2 aromatic rings. The molecule has 0 radical (unpaired) electrons. The molecule has 2 rings (SSSR count). The van der Waals surface area contributed by atoms with Crippen molar-refractivity contribution in [2.45, 2.75) is 12.5 Å². The maximum atomic E-state index is 6.05. The predicted octanol–water partition coefficient (Wildman–Crippen LogP) is 4.35. The zero-order valence-corrected chi connectivity index (χ0v) is 13.7. The van der Waals surface area contributed by atoms with Crippen LogP contribution in [0.4, 0.5) is 0 Å². The Balaban J connectivity index is 2.24. The van der Waals surface area contributed by atoms with E-state index in [2.05, 4.69) is 28.0 Å². The lowest BCUT2D eigenvalue weighted by Gasteiger charge is -2.18. The number of hydrogen-bond acceptors (Lipinski definition) is 2. The summed E-state index contributed by atoms with van der Waals surface area (Å²) < 4.78 is 1.14. The fourth-order valence-electron chi connectivity index (χ4n) is 1.90. The van der Waals surface area contributed by atoms with Crippen molar-refractivity contribution in [2.75, 3.05) is 0 Å². The van der Waals surface area contributed by atoms with Crippen molar-refractivity contribution in [2.24, 2.45) is 5.84 Å². The third-order valence-corrected chi connectivity index (χ3v) is 4.36. The van der Waals surface area contributed by atoms with E-state index in [0.717, 1.165) is 20.6 Å². The van der Waals surface area contributed by atoms with Gasteiger partial charge in [0.25, 0.3) is 0 Å². The van der Waals surface area contributed by atoms with Gasteiger partial charge in [-0.3, -0.25) is 11.3 Å². The molecule has 0 spiro atoms. The molecule has 1 unspecified atom stereocenters. The Morgan fingerprint density at radius 1 is 1.05 bits per heavy atom. The number of hydrazine groups is 1. The summed E-state index contributed by atoms with van der Waals surface area (Å²) in [5.41, 5.74) is 5.12. The molecular weight excluding hydrogens is 394 g/mol. The number of hydrogen-bond donors (Lipinski definition) is 2. The highest BCUT2D eigenvalue weighted by Crippen LogP contribution is 2.26. The minimum atomic E-state index is 0.0202. The fraction of sp³-hybridized carbons (Fsp3) is 0.143. The van der Waals surface area contributed by atoms with Crippen molar-refractivity contribution in [3.63, 3.8) is 0 Å². The normalized spacial score (nSPS) is 12.4. The highest BCUT2D eigenvalue weighted by Gasteiger charge is 2.14. The van der Waals surface area contributed by atoms with E-state index < -0.39 is 0 Å². The maximum absolute atomic E-state index is 6.05. The van der Waals surface area contributed by atoms with Gasteiger partial charge in [-0.05, 0) is 70.5 Å². The van der Waals surface area contributed by atoms with Crippen LogP contribution < -0.4 is 11.3 Å². The number of benzene rings is 2. The van der Waals surface area contributed by atoms with E-state index in [1.807, 2.05) is 42.5 Å². The van der Waals surface area contributed by atoms with E-state index in [9.17, 15) is 0 Å². The Hall–Kier alpha value is -0.330. The Labute approximate surface area is 136 Å². The molecule has 3 N–H and O–H groups in total. The first kappa shape index (κ1) is 15.1. The Morgan fingerprint density at radius 2 is 1.68 bits per heavy atom. The first-order valence-electron chi connectivity index (χ1n) is 5.75. The van der Waals surface area contributed by atoms with Gasteiger partial charge in [-0.2, -0.15) is 0 Å². The highest BCUT2D eigenvalue weighted by molar-refractivity contribution is 14.1. The Bertz CT molecular complexity index is 558. The number of halogens is 3. The first-order chi connectivity index (χ1) is 9.10. The third kappa shape index (κ3) is 4.07. The minimum Gasteiger partial charge on any atom is -0.271 e. The van der Waals surface area contributed by atoms with Gasteiger partial charge in [-0.1, -0.05) is 35.3 Å². The second kappa shape index (κ2) is 6.90. The van der Waals surface area contributed by atoms with Crippen molar-refractivity contribution in [1.29, 1.82) is 0 Å². The zero-order valence-electron chi connectivity index (χ0n) is 10.0. The van der Waals surface area contributed by atoms with Crippen molar-refractivity contribution >= 4 is 45.8 Å². The molecule has 0 aliphatic carbocycles. The summed E-state index contributed by atoms with van der Waals surface area (Å²) in [6, 6.07) is 13.6. The monoisotopic (exact) mass is 406 g/mol. The molecule has 0 aliphatic rings. The lowest BCUT2D eigenvalue weighted by atomic mass is 9.99. The maximum Gasteiger partial charge on any atom is 0.0511 e. The molecule has 100 valence electrons. The fourth-order valence-corrected chi connectivity index (χ4v) is 2.91. The molecule has 0 fully saturated rings. The second-order valence-corrected chi connectivity index (χ2v) is 6.25. The summed E-state index contributed by atoms with van der Waals surface area (Å²) in [4.78, 5) is 0. The molecule has 2 nitrogen and oxygen atoms in total. The third-order valence-electron chi connectivity index (χ3n) is 2.89. The number of nitrogens with one attached hydrogen (secondary N) is 1. The van der Waals surface area contributed by atoms with Crippen LogP contribution in [0.15, 0.2) is 42.5 Å². The molecule has 0 aliphatic heterocycles. The van der Waals surface area contributed by atoms with Crippen LogP contribution in [0.2, 0.25) is 10.0 Å². The number of nitrogens with two attached hydrogens (primary N) is 1. The number of rotatable bonds is 4. The van der Waals surface area contributed by atoms with Crippen molar-refractivity contribution in [3.8, 4) is 0 Å². The quantitative estimate of drug-likeness (QED) is 0.450. The lowest BCUT2D eigenvalue weighted by Crippen LogP contribution is -2.30. The van der Waals surface area contributed by atoms with Crippen LogP contribution in [0.5, 0.6) is 0 Å². The largest absolute Gasteiger partial charge is 0.271 e. The predicted molar refractivity (Wildman–Crippen MR) is 89.4 cm³/mol. The van der Waals surface area contributed by atoms with Gasteiger partial charge in [-0.15, -0.1) is 0 Å². The van der Waals surface area contributed by atoms with E-state index in [4.69, 9.17) is 29.0 Å². The van der Waals surface area contributed by atoms with Gasteiger partial charge in [0.2, 0.25) is 0 Å². The zero-order chi connectivity index (χ0) is 13.8. The summed E-state index contributed by atoms with van der Waals surface area (Å²) >= 11 is 14.2. The molecule has 0 amide bonds. The van der Waals surface area contributed by atoms with Crippen LogP contribution in [0.3, 0.4) is 0 Å². The summed E-state index contributed by atoms with van der Waals surface area (Å²) in [6.07, 6.45) is 0.782. The Kier molecular flexibility index (Phi) is 5.47. The molecule has 1 atom stereocenters. The summed E-state index contributed by atoms with van der Waals surface area (Å²) in [6.45, 7) is 0. The lowest BCUT2D eigenvalue weighted by molar-refractivity contribution is 0.550. The van der Waals surface area contributed by atoms with Crippen molar-refractivity contribution < 1.29 is 0 Å². The first-order valence-corrected chi connectivity index (χ1v) is 7.59. The molecule has 19 heavy (non-hydrogen) atoms. The van der Waals surface area contributed by atoms with Crippen LogP contribution >= 0.6 is 45.8 Å². The molecule has 0 saturated carbocycles. The standard InChI is InChI=1S/C14H13Cl2IN2/c15-10-3-1-9(2-4-10)7-14(19-18)12-8-11(16)5-6-13(12)17/h1-6,8,14,19H,7,18H2. The summed E-state index contributed by atoms with van der Waals surface area (Å²) in [5, 5.41) is 1.45. The van der Waals surface area contributed by atoms with Crippen LogP contribution in [0, 0.1) is 3.57 Å². The minimum absolute atomic E-state index is 0.0202. The smallest absolute Gasteiger partial charge is 0.0511 e. The van der Waals surface area contributed by atoms with E-state index in [-0.39, 0.29) is 6.04 Å². The van der Waals surface area contributed by atoms with Crippen LogP contribution in [0.25, 0.3) is 0 Å². The van der Waals surface area contributed by atoms with Gasteiger partial charge >= 0.3 is 0 Å². The molecule has 5 heteroatoms. The van der Waals surface area contributed by atoms with Gasteiger partial charge in [0, 0.05) is 13.6 Å². The molecular formula is C14H13Cl2IN2. The van der Waals surface area contributed by atoms with E-state index >= 15 is 0 Å². The molecule has 0 bridgehead atoms. The van der Waals surface area contributed by atoms with Gasteiger partial charge in [0.15, 0.2) is 0 Å². The van der Waals surface area contributed by atoms with Gasteiger partial charge < -0.3 is 0 Å². The van der Waals surface area contributed by atoms with Crippen LogP contribution in [-0.4, -0.2) is 0 Å². The van der Waals surface area contributed by atoms with Crippen molar-refractivity contribution in [3.05, 3.63) is 67.2 Å². The van der Waals surface area contributed by atoms with Crippen LogP contribution in [-0.2, 0) is 6.42 Å². The van der Waals surface area contributed by atoms with E-state index in [1.165, 1.54) is 5.56 Å². The average molecular weight is 407 g/mol. The van der Waals surface area contributed by atoms with E-state index in [1.54, 1.807) is 0 Å². The van der Waals surface area contributed by atoms with Gasteiger partial charge in [-0.25, -0.2) is 0 Å². The molecule has 0 aromatic heterocycles. The molecule has 2 aromatic carbocycles. The second-order valence-electron chi connectivity index (χ2n) is 4.22. The highest BCUT2D eigenvalue weighted by atomic mass is 127. The molecule has 0 saturated heterocycles. The Morgan fingerprint density at radius 3 is 2.32 bits per heavy atom. The topological polar surface area (TPSA) is 38.0 Å². The van der Waals surface area contributed by atoms with Crippen LogP contribution in [0.1, 0.15) is 17.2 Å². The summed E-state index contributed by atoms with van der Waals surface area (Å²) in [7, 11) is 0. The van der Waals surface area contributed by atoms with E-state index in [0.29, 0.717) is 5.02 Å². The SMILES string of the molecule is NNC(Cc1ccc(Cl)cc1)c1cc(Cl)ccc1I. The van der Waals surface area contributed by atoms with Gasteiger partial charge in [0.05, 0.1) is 6.04 Å². The van der Waals surface area contributed by atoms with Gasteiger partial charge in [0.1, 0.15) is 0 Å². The molecule has 0 heterocycles. The van der Waals surface area contributed by atoms with Crippen molar-refractivity contribution in [1.82, 2.24) is 5.43 Å². The summed E-state index contributed by atoms with van der Waals surface area (Å²) in [5.74, 6) is 5.68.